The second-order valence-corrected chi connectivity index (χ2v) is 6.70. The lowest BCUT2D eigenvalue weighted by molar-refractivity contribution is -0.384. The molecule has 1 aromatic heterocycles. The predicted molar refractivity (Wildman–Crippen MR) is 113 cm³/mol. The number of benzene rings is 3. The Balaban J connectivity index is 1.62. The van der Waals surface area contributed by atoms with Crippen LogP contribution in [0.3, 0.4) is 0 Å². The summed E-state index contributed by atoms with van der Waals surface area (Å²) >= 11 is 0. The van der Waals surface area contributed by atoms with E-state index < -0.39 is 4.92 Å². The van der Waals surface area contributed by atoms with Crippen molar-refractivity contribution >= 4 is 28.3 Å². The third kappa shape index (κ3) is 3.71. The molecule has 5 heteroatoms. The highest BCUT2D eigenvalue weighted by Crippen LogP contribution is 2.32. The molecule has 1 heterocycles. The van der Waals surface area contributed by atoms with Gasteiger partial charge in [-0.25, -0.2) is 0 Å². The third-order valence-corrected chi connectivity index (χ3v) is 4.70. The van der Waals surface area contributed by atoms with Crippen molar-refractivity contribution in [3.05, 3.63) is 106 Å². The number of nitro groups is 1. The Morgan fingerprint density at radius 3 is 2.62 bits per heavy atom. The van der Waals surface area contributed by atoms with Crippen LogP contribution in [0.4, 0.5) is 5.69 Å². The molecule has 0 radical (unpaired) electrons. The number of rotatable bonds is 5. The van der Waals surface area contributed by atoms with Crippen LogP contribution in [0.5, 0.6) is 0 Å². The van der Waals surface area contributed by atoms with Crippen LogP contribution in [0, 0.1) is 17.0 Å². The van der Waals surface area contributed by atoms with E-state index in [1.165, 1.54) is 12.1 Å². The zero-order valence-corrected chi connectivity index (χ0v) is 15.7. The molecule has 4 rings (SSSR count). The van der Waals surface area contributed by atoms with Gasteiger partial charge in [-0.1, -0.05) is 48.5 Å². The van der Waals surface area contributed by atoms with E-state index in [9.17, 15) is 14.9 Å². The molecule has 0 N–H and O–H groups in total. The summed E-state index contributed by atoms with van der Waals surface area (Å²) in [4.78, 5) is 23.6. The van der Waals surface area contributed by atoms with Crippen LogP contribution in [0.2, 0.25) is 0 Å². The van der Waals surface area contributed by atoms with Crippen molar-refractivity contribution in [2.75, 3.05) is 0 Å². The predicted octanol–water partition coefficient (Wildman–Crippen LogP) is 6.21. The SMILES string of the molecule is Cc1ccc(-c2ccc(C=CC(=O)c3cccc4ccccc34)o2)c([N+](=O)[O-])c1. The fourth-order valence-electron chi connectivity index (χ4n) is 3.28. The molecule has 0 bridgehead atoms. The van der Waals surface area contributed by atoms with Gasteiger partial charge in [0.2, 0.25) is 0 Å². The zero-order valence-electron chi connectivity index (χ0n) is 15.7. The fourth-order valence-corrected chi connectivity index (χ4v) is 3.28. The molecule has 0 unspecified atom stereocenters. The number of hydrogen-bond donors (Lipinski definition) is 0. The van der Waals surface area contributed by atoms with Gasteiger partial charge in [0.1, 0.15) is 11.5 Å². The largest absolute Gasteiger partial charge is 0.456 e. The first-order valence-corrected chi connectivity index (χ1v) is 9.08. The summed E-state index contributed by atoms with van der Waals surface area (Å²) in [6.45, 7) is 1.80. The number of nitrogens with zero attached hydrogens (tertiary/aromatic N) is 1. The van der Waals surface area contributed by atoms with Crippen LogP contribution in [0.1, 0.15) is 21.7 Å². The minimum atomic E-state index is -0.426. The molecule has 0 amide bonds. The van der Waals surface area contributed by atoms with Crippen molar-refractivity contribution in [3.8, 4) is 11.3 Å². The van der Waals surface area contributed by atoms with Crippen LogP contribution >= 0.6 is 0 Å². The van der Waals surface area contributed by atoms with E-state index in [2.05, 4.69) is 0 Å². The van der Waals surface area contributed by atoms with Crippen LogP contribution < -0.4 is 0 Å². The van der Waals surface area contributed by atoms with Crippen LogP contribution in [0.15, 0.2) is 83.3 Å². The van der Waals surface area contributed by atoms with Gasteiger partial charge in [-0.3, -0.25) is 14.9 Å². The summed E-state index contributed by atoms with van der Waals surface area (Å²) in [6.07, 6.45) is 3.03. The Kier molecular flexibility index (Phi) is 4.79. The smallest absolute Gasteiger partial charge is 0.280 e. The van der Waals surface area contributed by atoms with Crippen LogP contribution in [0.25, 0.3) is 28.2 Å². The molecule has 0 aliphatic rings. The third-order valence-electron chi connectivity index (χ3n) is 4.70. The number of ketones is 1. The molecule has 3 aromatic carbocycles. The summed E-state index contributed by atoms with van der Waals surface area (Å²) in [5.74, 6) is 0.693. The minimum absolute atomic E-state index is 0.0123. The number of furan rings is 1. The van der Waals surface area contributed by atoms with E-state index in [1.807, 2.05) is 36.4 Å². The van der Waals surface area contributed by atoms with Crippen molar-refractivity contribution in [2.24, 2.45) is 0 Å². The maximum Gasteiger partial charge on any atom is 0.280 e. The minimum Gasteiger partial charge on any atom is -0.456 e. The van der Waals surface area contributed by atoms with Gasteiger partial charge in [0.15, 0.2) is 5.78 Å². The molecule has 142 valence electrons. The highest BCUT2D eigenvalue weighted by Gasteiger charge is 2.18. The number of carbonyl (C=O) groups excluding carboxylic acids is 1. The van der Waals surface area contributed by atoms with E-state index in [1.54, 1.807) is 43.3 Å². The van der Waals surface area contributed by atoms with Gasteiger partial charge in [0, 0.05) is 11.6 Å². The lowest BCUT2D eigenvalue weighted by Crippen LogP contribution is -1.95. The van der Waals surface area contributed by atoms with Crippen LogP contribution in [-0.2, 0) is 0 Å². The second kappa shape index (κ2) is 7.56. The van der Waals surface area contributed by atoms with Gasteiger partial charge in [-0.15, -0.1) is 0 Å². The van der Waals surface area contributed by atoms with Crippen molar-refractivity contribution in [2.45, 2.75) is 6.92 Å². The van der Waals surface area contributed by atoms with Gasteiger partial charge >= 0.3 is 0 Å². The number of allylic oxidation sites excluding steroid dienone is 1. The maximum atomic E-state index is 12.7. The molecule has 0 atom stereocenters. The number of hydrogen-bond acceptors (Lipinski definition) is 4. The molecule has 0 spiro atoms. The van der Waals surface area contributed by atoms with Crippen molar-refractivity contribution in [3.63, 3.8) is 0 Å². The summed E-state index contributed by atoms with van der Waals surface area (Å²) in [5.41, 5.74) is 1.80. The summed E-state index contributed by atoms with van der Waals surface area (Å²) in [6, 6.07) is 21.6. The average molecular weight is 383 g/mol. The molecule has 4 aromatic rings. The molecule has 29 heavy (non-hydrogen) atoms. The van der Waals surface area contributed by atoms with Gasteiger partial charge < -0.3 is 4.42 Å². The molecule has 5 nitrogen and oxygen atoms in total. The molecular weight excluding hydrogens is 366 g/mol. The number of fused-ring (bicyclic) bond motifs is 1. The Hall–Kier alpha value is -3.99. The van der Waals surface area contributed by atoms with Crippen molar-refractivity contribution in [1.82, 2.24) is 0 Å². The molecule has 0 aliphatic carbocycles. The van der Waals surface area contributed by atoms with Crippen molar-refractivity contribution < 1.29 is 14.1 Å². The first kappa shape index (κ1) is 18.4. The molecular formula is C24H17NO4. The van der Waals surface area contributed by atoms with Gasteiger partial charge in [-0.05, 0) is 53.6 Å². The standard InChI is InChI=1S/C24H17NO4/c1-16-9-12-21(22(15-16)25(27)28)24-14-11-18(29-24)10-13-23(26)20-8-4-6-17-5-2-3-7-19(17)20/h2-15H,1H3. The first-order chi connectivity index (χ1) is 14.0. The topological polar surface area (TPSA) is 73.3 Å². The molecule has 0 saturated carbocycles. The van der Waals surface area contributed by atoms with E-state index in [0.29, 0.717) is 22.6 Å². The van der Waals surface area contributed by atoms with E-state index >= 15 is 0 Å². The van der Waals surface area contributed by atoms with Crippen molar-refractivity contribution in [1.29, 1.82) is 0 Å². The number of carbonyl (C=O) groups is 1. The molecule has 0 saturated heterocycles. The first-order valence-electron chi connectivity index (χ1n) is 9.08. The van der Waals surface area contributed by atoms with Gasteiger partial charge in [0.05, 0.1) is 10.5 Å². The number of aryl methyl sites for hydroxylation is 1. The summed E-state index contributed by atoms with van der Waals surface area (Å²) < 4.78 is 5.73. The second-order valence-electron chi connectivity index (χ2n) is 6.70. The zero-order chi connectivity index (χ0) is 20.4. The quantitative estimate of drug-likeness (QED) is 0.178. The monoisotopic (exact) mass is 383 g/mol. The highest BCUT2D eigenvalue weighted by atomic mass is 16.6. The summed E-state index contributed by atoms with van der Waals surface area (Å²) in [7, 11) is 0. The number of nitro benzene ring substituents is 1. The average Bonchev–Trinajstić information content (AvgIpc) is 3.20. The molecule has 0 fully saturated rings. The van der Waals surface area contributed by atoms with Gasteiger partial charge in [-0.2, -0.15) is 0 Å². The summed E-state index contributed by atoms with van der Waals surface area (Å²) in [5, 5.41) is 13.2. The fraction of sp³-hybridized carbons (Fsp3) is 0.0417. The Bertz CT molecular complexity index is 1260. The van der Waals surface area contributed by atoms with E-state index in [4.69, 9.17) is 4.42 Å². The Morgan fingerprint density at radius 1 is 1.00 bits per heavy atom. The lowest BCUT2D eigenvalue weighted by Gasteiger charge is -2.02. The highest BCUT2D eigenvalue weighted by molar-refractivity contribution is 6.14. The lowest BCUT2D eigenvalue weighted by atomic mass is 10.0. The maximum absolute atomic E-state index is 12.7. The van der Waals surface area contributed by atoms with Gasteiger partial charge in [0.25, 0.3) is 5.69 Å². The Labute approximate surface area is 167 Å². The van der Waals surface area contributed by atoms with E-state index in [0.717, 1.165) is 16.3 Å². The van der Waals surface area contributed by atoms with E-state index in [-0.39, 0.29) is 11.5 Å². The normalized spacial score (nSPS) is 11.2. The Morgan fingerprint density at radius 2 is 1.79 bits per heavy atom. The van der Waals surface area contributed by atoms with Crippen LogP contribution in [-0.4, -0.2) is 10.7 Å². The molecule has 0 aliphatic heterocycles.